The first-order valence-corrected chi connectivity index (χ1v) is 6.55. The molecule has 2 rings (SSSR count). The number of nitro groups is 1. The topological polar surface area (TPSA) is 67.2 Å². The van der Waals surface area contributed by atoms with Crippen LogP contribution in [0.2, 0.25) is 0 Å². The zero-order valence-electron chi connectivity index (χ0n) is 10.7. The van der Waals surface area contributed by atoms with Gasteiger partial charge in [-0.25, -0.2) is 4.39 Å². The molecule has 0 aromatic heterocycles. The maximum absolute atomic E-state index is 13.2. The normalized spacial score (nSPS) is 19.1. The number of nitrogens with zero attached hydrogens (tertiary/aromatic N) is 1. The molecule has 1 aliphatic heterocycles. The Balaban J connectivity index is 1.86. The fourth-order valence-electron chi connectivity index (χ4n) is 2.37. The SMILES string of the molecule is O=[N+]([O-])c1cc(F)cc(NCCC2CCCNC2)c1. The van der Waals surface area contributed by atoms with Crippen molar-refractivity contribution in [2.24, 2.45) is 5.92 Å². The molecule has 1 aromatic rings. The van der Waals surface area contributed by atoms with Gasteiger partial charge in [0.2, 0.25) is 0 Å². The van der Waals surface area contributed by atoms with E-state index in [1.54, 1.807) is 0 Å². The van der Waals surface area contributed by atoms with E-state index in [-0.39, 0.29) is 5.69 Å². The first-order valence-electron chi connectivity index (χ1n) is 6.55. The molecular weight excluding hydrogens is 249 g/mol. The highest BCUT2D eigenvalue weighted by Gasteiger charge is 2.13. The van der Waals surface area contributed by atoms with Crippen molar-refractivity contribution in [1.82, 2.24) is 5.32 Å². The maximum Gasteiger partial charge on any atom is 0.274 e. The Kier molecular flexibility index (Phi) is 4.68. The Morgan fingerprint density at radius 1 is 1.47 bits per heavy atom. The summed E-state index contributed by atoms with van der Waals surface area (Å²) in [6.45, 7) is 2.80. The van der Waals surface area contributed by atoms with E-state index in [9.17, 15) is 14.5 Å². The van der Waals surface area contributed by atoms with Gasteiger partial charge in [0.25, 0.3) is 5.69 Å². The molecule has 19 heavy (non-hydrogen) atoms. The number of hydrogen-bond acceptors (Lipinski definition) is 4. The van der Waals surface area contributed by atoms with Crippen molar-refractivity contribution in [3.05, 3.63) is 34.1 Å². The van der Waals surface area contributed by atoms with Crippen LogP contribution in [0.4, 0.5) is 15.8 Å². The average Bonchev–Trinajstić information content (AvgIpc) is 2.39. The van der Waals surface area contributed by atoms with Gasteiger partial charge in [0, 0.05) is 18.3 Å². The molecule has 1 atom stereocenters. The second-order valence-electron chi connectivity index (χ2n) is 4.88. The van der Waals surface area contributed by atoms with Gasteiger partial charge in [-0.2, -0.15) is 0 Å². The monoisotopic (exact) mass is 267 g/mol. The number of nitrogens with one attached hydrogen (secondary N) is 2. The van der Waals surface area contributed by atoms with Gasteiger partial charge in [0.15, 0.2) is 0 Å². The van der Waals surface area contributed by atoms with Crippen molar-refractivity contribution in [2.75, 3.05) is 25.0 Å². The quantitative estimate of drug-likeness (QED) is 0.635. The molecular formula is C13H18FN3O2. The van der Waals surface area contributed by atoms with Crippen LogP contribution in [0.3, 0.4) is 0 Å². The highest BCUT2D eigenvalue weighted by molar-refractivity contribution is 5.51. The molecule has 1 saturated heterocycles. The molecule has 0 aliphatic carbocycles. The van der Waals surface area contributed by atoms with Crippen LogP contribution in [0.1, 0.15) is 19.3 Å². The zero-order valence-corrected chi connectivity index (χ0v) is 10.7. The van der Waals surface area contributed by atoms with Crippen LogP contribution in [0.15, 0.2) is 18.2 Å². The predicted octanol–water partition coefficient (Wildman–Crippen LogP) is 2.54. The number of anilines is 1. The molecule has 0 radical (unpaired) electrons. The second-order valence-corrected chi connectivity index (χ2v) is 4.88. The van der Waals surface area contributed by atoms with Gasteiger partial charge in [0.1, 0.15) is 5.82 Å². The van der Waals surface area contributed by atoms with E-state index in [2.05, 4.69) is 10.6 Å². The third-order valence-electron chi connectivity index (χ3n) is 3.37. The standard InChI is InChI=1S/C13H18FN3O2/c14-11-6-12(8-13(7-11)17(18)19)16-5-3-10-2-1-4-15-9-10/h6-8,10,15-16H,1-5,9H2. The third-order valence-corrected chi connectivity index (χ3v) is 3.37. The van der Waals surface area contributed by atoms with Crippen LogP contribution in [0.5, 0.6) is 0 Å². The minimum atomic E-state index is -0.587. The number of rotatable bonds is 5. The van der Waals surface area contributed by atoms with Crippen LogP contribution in [-0.2, 0) is 0 Å². The van der Waals surface area contributed by atoms with Crippen LogP contribution in [0.25, 0.3) is 0 Å². The molecule has 5 nitrogen and oxygen atoms in total. The molecule has 104 valence electrons. The molecule has 1 aromatic carbocycles. The van der Waals surface area contributed by atoms with Crippen LogP contribution >= 0.6 is 0 Å². The number of benzene rings is 1. The lowest BCUT2D eigenvalue weighted by atomic mass is 9.96. The van der Waals surface area contributed by atoms with Crippen molar-refractivity contribution in [3.63, 3.8) is 0 Å². The summed E-state index contributed by atoms with van der Waals surface area (Å²) < 4.78 is 13.2. The third kappa shape index (κ3) is 4.17. The lowest BCUT2D eigenvalue weighted by Gasteiger charge is -2.22. The van der Waals surface area contributed by atoms with Gasteiger partial charge in [-0.1, -0.05) is 0 Å². The molecule has 1 aliphatic rings. The maximum atomic E-state index is 13.2. The fourth-order valence-corrected chi connectivity index (χ4v) is 2.37. The number of nitro benzene ring substituents is 1. The highest BCUT2D eigenvalue weighted by atomic mass is 19.1. The molecule has 1 unspecified atom stereocenters. The van der Waals surface area contributed by atoms with E-state index < -0.39 is 10.7 Å². The molecule has 0 spiro atoms. The number of piperidine rings is 1. The van der Waals surface area contributed by atoms with E-state index >= 15 is 0 Å². The van der Waals surface area contributed by atoms with Gasteiger partial charge < -0.3 is 10.6 Å². The molecule has 2 N–H and O–H groups in total. The van der Waals surface area contributed by atoms with E-state index in [1.807, 2.05) is 0 Å². The van der Waals surface area contributed by atoms with E-state index in [0.29, 0.717) is 18.2 Å². The first-order chi connectivity index (χ1) is 9.15. The first kappa shape index (κ1) is 13.7. The second kappa shape index (κ2) is 6.47. The number of hydrogen-bond donors (Lipinski definition) is 2. The predicted molar refractivity (Wildman–Crippen MR) is 71.8 cm³/mol. The summed E-state index contributed by atoms with van der Waals surface area (Å²) in [5.41, 5.74) is 0.248. The van der Waals surface area contributed by atoms with Gasteiger partial charge in [-0.05, 0) is 44.3 Å². The summed E-state index contributed by atoms with van der Waals surface area (Å²) in [4.78, 5) is 10.0. The fraction of sp³-hybridized carbons (Fsp3) is 0.538. The van der Waals surface area contributed by atoms with Gasteiger partial charge in [-0.15, -0.1) is 0 Å². The molecule has 6 heteroatoms. The Hall–Kier alpha value is -1.69. The average molecular weight is 267 g/mol. The number of halogens is 1. The summed E-state index contributed by atoms with van der Waals surface area (Å²) in [7, 11) is 0. The van der Waals surface area contributed by atoms with E-state index in [1.165, 1.54) is 25.0 Å². The summed E-state index contributed by atoms with van der Waals surface area (Å²) in [5.74, 6) is 0.0424. The molecule has 0 saturated carbocycles. The van der Waals surface area contributed by atoms with Crippen molar-refractivity contribution in [2.45, 2.75) is 19.3 Å². The van der Waals surface area contributed by atoms with Crippen molar-refractivity contribution >= 4 is 11.4 Å². The Morgan fingerprint density at radius 3 is 3.00 bits per heavy atom. The van der Waals surface area contributed by atoms with E-state index in [0.717, 1.165) is 25.6 Å². The molecule has 1 heterocycles. The zero-order chi connectivity index (χ0) is 13.7. The Bertz CT molecular complexity index is 448. The van der Waals surface area contributed by atoms with Crippen LogP contribution < -0.4 is 10.6 Å². The van der Waals surface area contributed by atoms with Crippen LogP contribution in [0, 0.1) is 21.8 Å². The summed E-state index contributed by atoms with van der Waals surface area (Å²) in [6, 6.07) is 3.57. The van der Waals surface area contributed by atoms with Gasteiger partial charge in [0.05, 0.1) is 11.0 Å². The molecule has 0 amide bonds. The van der Waals surface area contributed by atoms with Crippen molar-refractivity contribution in [3.8, 4) is 0 Å². The largest absolute Gasteiger partial charge is 0.385 e. The summed E-state index contributed by atoms with van der Waals surface area (Å²) in [5, 5.41) is 17.0. The van der Waals surface area contributed by atoms with Crippen LogP contribution in [-0.4, -0.2) is 24.6 Å². The lowest BCUT2D eigenvalue weighted by Crippen LogP contribution is -2.30. The Labute approximate surface area is 111 Å². The Morgan fingerprint density at radius 2 is 2.32 bits per heavy atom. The van der Waals surface area contributed by atoms with E-state index in [4.69, 9.17) is 0 Å². The van der Waals surface area contributed by atoms with Gasteiger partial charge >= 0.3 is 0 Å². The van der Waals surface area contributed by atoms with Gasteiger partial charge in [-0.3, -0.25) is 10.1 Å². The minimum absolute atomic E-state index is 0.221. The smallest absolute Gasteiger partial charge is 0.274 e. The minimum Gasteiger partial charge on any atom is -0.385 e. The summed E-state index contributed by atoms with van der Waals surface area (Å²) in [6.07, 6.45) is 3.38. The lowest BCUT2D eigenvalue weighted by molar-refractivity contribution is -0.385. The van der Waals surface area contributed by atoms with Crippen molar-refractivity contribution < 1.29 is 9.31 Å². The highest BCUT2D eigenvalue weighted by Crippen LogP contribution is 2.20. The number of non-ortho nitro benzene ring substituents is 1. The molecule has 0 bridgehead atoms. The van der Waals surface area contributed by atoms with Crippen molar-refractivity contribution in [1.29, 1.82) is 0 Å². The molecule has 1 fully saturated rings. The summed E-state index contributed by atoms with van der Waals surface area (Å²) >= 11 is 0.